The summed E-state index contributed by atoms with van der Waals surface area (Å²) in [6.45, 7) is 3.11. The Bertz CT molecular complexity index is 465. The highest BCUT2D eigenvalue weighted by atomic mass is 35.5. The summed E-state index contributed by atoms with van der Waals surface area (Å²) in [6.07, 6.45) is 8.77. The molecule has 1 aromatic carbocycles. The Morgan fingerprint density at radius 3 is 2.76 bits per heavy atom. The topological polar surface area (TPSA) is 21.3 Å². The third-order valence-corrected chi connectivity index (χ3v) is 5.46. The standard InChI is InChI=1S/C18H26ClNO/c1-14(16-7-3-4-8-17(16)19)20-15-9-12-21-18(13-15)10-5-2-6-11-18/h3-4,7-8,14-15,20H,2,5-6,9-13H2,1H3/t14-,15?/m1/s1. The minimum atomic E-state index is 0.161. The molecule has 1 N–H and O–H groups in total. The fourth-order valence-corrected chi connectivity index (χ4v) is 4.28. The molecule has 0 radical (unpaired) electrons. The number of nitrogens with one attached hydrogen (secondary N) is 1. The van der Waals surface area contributed by atoms with Crippen molar-refractivity contribution < 1.29 is 4.74 Å². The molecule has 2 fully saturated rings. The molecule has 2 nitrogen and oxygen atoms in total. The minimum absolute atomic E-state index is 0.161. The Balaban J connectivity index is 1.63. The quantitative estimate of drug-likeness (QED) is 0.860. The first-order valence-corrected chi connectivity index (χ1v) is 8.71. The molecule has 1 heterocycles. The van der Waals surface area contributed by atoms with Crippen LogP contribution in [-0.4, -0.2) is 18.2 Å². The second-order valence-electron chi connectivity index (χ2n) is 6.69. The van der Waals surface area contributed by atoms with Crippen molar-refractivity contribution >= 4 is 11.6 Å². The normalized spacial score (nSPS) is 26.7. The number of halogens is 1. The molecule has 0 bridgehead atoms. The van der Waals surface area contributed by atoms with Crippen molar-refractivity contribution in [2.24, 2.45) is 0 Å². The summed E-state index contributed by atoms with van der Waals surface area (Å²) in [5, 5.41) is 4.64. The lowest BCUT2D eigenvalue weighted by atomic mass is 9.78. The van der Waals surface area contributed by atoms with Crippen molar-refractivity contribution in [1.29, 1.82) is 0 Å². The van der Waals surface area contributed by atoms with E-state index in [9.17, 15) is 0 Å². The highest BCUT2D eigenvalue weighted by Gasteiger charge is 2.38. The SMILES string of the molecule is C[C@@H](NC1CCOC2(CCCCC2)C1)c1ccccc1Cl. The van der Waals surface area contributed by atoms with Gasteiger partial charge in [-0.15, -0.1) is 0 Å². The van der Waals surface area contributed by atoms with Crippen molar-refractivity contribution in [3.63, 3.8) is 0 Å². The second-order valence-corrected chi connectivity index (χ2v) is 7.10. The summed E-state index contributed by atoms with van der Waals surface area (Å²) < 4.78 is 6.18. The lowest BCUT2D eigenvalue weighted by Gasteiger charge is -2.44. The van der Waals surface area contributed by atoms with Gasteiger partial charge in [-0.3, -0.25) is 0 Å². The number of benzene rings is 1. The van der Waals surface area contributed by atoms with Crippen LogP contribution in [0.1, 0.15) is 63.5 Å². The fourth-order valence-electron chi connectivity index (χ4n) is 3.98. The van der Waals surface area contributed by atoms with Gasteiger partial charge < -0.3 is 10.1 Å². The summed E-state index contributed by atoms with van der Waals surface area (Å²) in [6, 6.07) is 8.98. The van der Waals surface area contributed by atoms with E-state index in [1.807, 2.05) is 12.1 Å². The predicted molar refractivity (Wildman–Crippen MR) is 87.8 cm³/mol. The van der Waals surface area contributed by atoms with Gasteiger partial charge in [0.2, 0.25) is 0 Å². The first-order valence-electron chi connectivity index (χ1n) is 8.33. The molecule has 3 rings (SSSR count). The molecular weight excluding hydrogens is 282 g/mol. The van der Waals surface area contributed by atoms with E-state index >= 15 is 0 Å². The van der Waals surface area contributed by atoms with Crippen LogP contribution >= 0.6 is 11.6 Å². The average Bonchev–Trinajstić information content (AvgIpc) is 2.48. The van der Waals surface area contributed by atoms with Crippen LogP contribution in [0.25, 0.3) is 0 Å². The maximum Gasteiger partial charge on any atom is 0.0697 e. The van der Waals surface area contributed by atoms with Gasteiger partial charge in [0.15, 0.2) is 0 Å². The van der Waals surface area contributed by atoms with Crippen molar-refractivity contribution in [2.75, 3.05) is 6.61 Å². The molecule has 0 amide bonds. The highest BCUT2D eigenvalue weighted by molar-refractivity contribution is 6.31. The summed E-state index contributed by atoms with van der Waals surface area (Å²) >= 11 is 6.31. The van der Waals surface area contributed by atoms with Crippen molar-refractivity contribution in [2.45, 2.75) is 69.6 Å². The van der Waals surface area contributed by atoms with E-state index < -0.39 is 0 Å². The van der Waals surface area contributed by atoms with E-state index in [-0.39, 0.29) is 5.60 Å². The van der Waals surface area contributed by atoms with Gasteiger partial charge in [-0.1, -0.05) is 49.1 Å². The highest BCUT2D eigenvalue weighted by Crippen LogP contribution is 2.39. The summed E-state index contributed by atoms with van der Waals surface area (Å²) in [7, 11) is 0. The van der Waals surface area contributed by atoms with Crippen LogP contribution in [0.4, 0.5) is 0 Å². The molecule has 1 aromatic rings. The van der Waals surface area contributed by atoms with Gasteiger partial charge in [-0.25, -0.2) is 0 Å². The van der Waals surface area contributed by atoms with Crippen LogP contribution in [0.5, 0.6) is 0 Å². The number of ether oxygens (including phenoxy) is 1. The fraction of sp³-hybridized carbons (Fsp3) is 0.667. The lowest BCUT2D eigenvalue weighted by molar-refractivity contribution is -0.110. The number of hydrogen-bond acceptors (Lipinski definition) is 2. The van der Waals surface area contributed by atoms with E-state index in [0.717, 1.165) is 24.5 Å². The van der Waals surface area contributed by atoms with E-state index in [1.165, 1.54) is 37.7 Å². The largest absolute Gasteiger partial charge is 0.375 e. The molecule has 2 atom stereocenters. The van der Waals surface area contributed by atoms with E-state index in [4.69, 9.17) is 16.3 Å². The van der Waals surface area contributed by atoms with Crippen LogP contribution in [0.15, 0.2) is 24.3 Å². The zero-order valence-corrected chi connectivity index (χ0v) is 13.7. The van der Waals surface area contributed by atoms with Crippen molar-refractivity contribution in [3.05, 3.63) is 34.9 Å². The van der Waals surface area contributed by atoms with Gasteiger partial charge in [0.1, 0.15) is 0 Å². The molecule has 2 aliphatic rings. The Morgan fingerprint density at radius 2 is 2.00 bits per heavy atom. The predicted octanol–water partition coefficient (Wildman–Crippen LogP) is 4.87. The van der Waals surface area contributed by atoms with Gasteiger partial charge in [-0.2, -0.15) is 0 Å². The van der Waals surface area contributed by atoms with Crippen LogP contribution in [0.3, 0.4) is 0 Å². The molecule has 1 saturated carbocycles. The number of rotatable bonds is 3. The van der Waals surface area contributed by atoms with Crippen LogP contribution < -0.4 is 5.32 Å². The first-order chi connectivity index (χ1) is 10.2. The minimum Gasteiger partial charge on any atom is -0.375 e. The molecule has 1 saturated heterocycles. The number of hydrogen-bond donors (Lipinski definition) is 1. The molecule has 1 spiro atoms. The Hall–Kier alpha value is -0.570. The van der Waals surface area contributed by atoms with E-state index in [1.54, 1.807) is 0 Å². The van der Waals surface area contributed by atoms with Crippen LogP contribution in [0, 0.1) is 0 Å². The zero-order chi connectivity index (χ0) is 14.7. The molecule has 1 aliphatic heterocycles. The van der Waals surface area contributed by atoms with E-state index in [0.29, 0.717) is 12.1 Å². The van der Waals surface area contributed by atoms with Crippen LogP contribution in [-0.2, 0) is 4.74 Å². The Labute approximate surface area is 133 Å². The van der Waals surface area contributed by atoms with Gasteiger partial charge in [0.05, 0.1) is 5.60 Å². The van der Waals surface area contributed by atoms with Gasteiger partial charge in [-0.05, 0) is 44.2 Å². The van der Waals surface area contributed by atoms with Crippen LogP contribution in [0.2, 0.25) is 5.02 Å². The van der Waals surface area contributed by atoms with Gasteiger partial charge >= 0.3 is 0 Å². The van der Waals surface area contributed by atoms with E-state index in [2.05, 4.69) is 24.4 Å². The third-order valence-electron chi connectivity index (χ3n) is 5.12. The second kappa shape index (κ2) is 6.68. The molecular formula is C18H26ClNO. The molecule has 1 aliphatic carbocycles. The Kier molecular flexibility index (Phi) is 4.88. The maximum atomic E-state index is 6.31. The summed E-state index contributed by atoms with van der Waals surface area (Å²) in [5.41, 5.74) is 1.36. The summed E-state index contributed by atoms with van der Waals surface area (Å²) in [4.78, 5) is 0. The maximum absolute atomic E-state index is 6.31. The molecule has 21 heavy (non-hydrogen) atoms. The molecule has 116 valence electrons. The van der Waals surface area contributed by atoms with Crippen molar-refractivity contribution in [1.82, 2.24) is 5.32 Å². The molecule has 1 unspecified atom stereocenters. The summed E-state index contributed by atoms with van der Waals surface area (Å²) in [5.74, 6) is 0. The molecule has 0 aromatic heterocycles. The average molecular weight is 308 g/mol. The Morgan fingerprint density at radius 1 is 1.24 bits per heavy atom. The molecule has 3 heteroatoms. The smallest absolute Gasteiger partial charge is 0.0697 e. The van der Waals surface area contributed by atoms with Crippen molar-refractivity contribution in [3.8, 4) is 0 Å². The lowest BCUT2D eigenvalue weighted by Crippen LogP contribution is -2.48. The van der Waals surface area contributed by atoms with Gasteiger partial charge in [0.25, 0.3) is 0 Å². The van der Waals surface area contributed by atoms with Gasteiger partial charge in [0, 0.05) is 23.7 Å². The zero-order valence-electron chi connectivity index (χ0n) is 12.9. The first kappa shape index (κ1) is 15.3. The monoisotopic (exact) mass is 307 g/mol. The third kappa shape index (κ3) is 3.61.